The molecule has 0 saturated heterocycles. The van der Waals surface area contributed by atoms with Crippen molar-refractivity contribution in [2.24, 2.45) is 0 Å². The average Bonchev–Trinajstić information content (AvgIpc) is 2.41. The Morgan fingerprint density at radius 3 is 2.20 bits per heavy atom. The summed E-state index contributed by atoms with van der Waals surface area (Å²) in [5.74, 6) is 0.283. The van der Waals surface area contributed by atoms with Crippen molar-refractivity contribution >= 4 is 22.4 Å². The van der Waals surface area contributed by atoms with Crippen LogP contribution in [-0.4, -0.2) is 5.11 Å². The number of aryl methyl sites for hydroxylation is 2. The first-order chi connectivity index (χ1) is 9.54. The number of phenols is 1. The Hall–Kier alpha value is -1.99. The Labute approximate surface area is 123 Å². The molecule has 1 N–H and O–H groups in total. The van der Waals surface area contributed by atoms with Gasteiger partial charge in [-0.15, -0.1) is 0 Å². The number of benzene rings is 3. The number of aromatic hydroxyl groups is 1. The maximum atomic E-state index is 9.96. The Kier molecular flexibility index (Phi) is 3.15. The van der Waals surface area contributed by atoms with E-state index in [-0.39, 0.29) is 5.75 Å². The van der Waals surface area contributed by atoms with E-state index in [1.165, 1.54) is 11.1 Å². The van der Waals surface area contributed by atoms with E-state index in [0.29, 0.717) is 5.02 Å². The highest BCUT2D eigenvalue weighted by Gasteiger charge is 2.08. The van der Waals surface area contributed by atoms with Gasteiger partial charge >= 0.3 is 0 Å². The highest BCUT2D eigenvalue weighted by Crippen LogP contribution is 2.34. The predicted molar refractivity (Wildman–Crippen MR) is 85.5 cm³/mol. The summed E-state index contributed by atoms with van der Waals surface area (Å²) in [5, 5.41) is 12.9. The van der Waals surface area contributed by atoms with E-state index in [1.54, 1.807) is 12.1 Å². The number of phenolic OH excluding ortho intramolecular Hbond substituents is 1. The topological polar surface area (TPSA) is 20.2 Å². The van der Waals surface area contributed by atoms with Crippen LogP contribution in [0, 0.1) is 13.8 Å². The number of rotatable bonds is 1. The Balaban J connectivity index is 2.34. The van der Waals surface area contributed by atoms with Gasteiger partial charge in [0.25, 0.3) is 0 Å². The second-order valence-electron chi connectivity index (χ2n) is 5.16. The minimum Gasteiger partial charge on any atom is -0.508 e. The van der Waals surface area contributed by atoms with Gasteiger partial charge in [0.05, 0.1) is 0 Å². The molecule has 0 radical (unpaired) electrons. The highest BCUT2D eigenvalue weighted by molar-refractivity contribution is 6.30. The van der Waals surface area contributed by atoms with Crippen molar-refractivity contribution in [3.8, 4) is 16.9 Å². The summed E-state index contributed by atoms with van der Waals surface area (Å²) in [6.45, 7) is 4.19. The zero-order valence-electron chi connectivity index (χ0n) is 11.4. The lowest BCUT2D eigenvalue weighted by Crippen LogP contribution is -1.86. The fraction of sp³-hybridized carbons (Fsp3) is 0.111. The van der Waals surface area contributed by atoms with E-state index in [0.717, 1.165) is 21.9 Å². The van der Waals surface area contributed by atoms with Gasteiger partial charge in [-0.2, -0.15) is 0 Å². The second-order valence-corrected chi connectivity index (χ2v) is 5.59. The van der Waals surface area contributed by atoms with Gasteiger partial charge in [0.1, 0.15) is 5.75 Å². The molecule has 0 aromatic heterocycles. The van der Waals surface area contributed by atoms with Crippen molar-refractivity contribution in [2.75, 3.05) is 0 Å². The van der Waals surface area contributed by atoms with Crippen molar-refractivity contribution in [3.05, 3.63) is 64.7 Å². The molecule has 1 nitrogen and oxygen atoms in total. The van der Waals surface area contributed by atoms with Gasteiger partial charge in [-0.05, 0) is 71.1 Å². The molecule has 2 heteroatoms. The normalized spacial score (nSPS) is 10.9. The SMILES string of the molecule is Cc1cc2cc(O)cc(-c3ccc(Cl)cc3)c2cc1C. The van der Waals surface area contributed by atoms with Gasteiger partial charge in [-0.3, -0.25) is 0 Å². The molecule has 0 fully saturated rings. The van der Waals surface area contributed by atoms with Crippen LogP contribution < -0.4 is 0 Å². The summed E-state index contributed by atoms with van der Waals surface area (Å²) < 4.78 is 0. The van der Waals surface area contributed by atoms with Gasteiger partial charge in [0.2, 0.25) is 0 Å². The Bertz CT molecular complexity index is 789. The quantitative estimate of drug-likeness (QED) is 0.626. The van der Waals surface area contributed by atoms with Gasteiger partial charge in [0.15, 0.2) is 0 Å². The summed E-state index contributed by atoms with van der Waals surface area (Å²) in [7, 11) is 0. The molecule has 0 unspecified atom stereocenters. The molecular formula is C18H15ClO. The molecule has 0 heterocycles. The van der Waals surface area contributed by atoms with E-state index >= 15 is 0 Å². The third-order valence-corrected chi connectivity index (χ3v) is 3.96. The van der Waals surface area contributed by atoms with Crippen molar-refractivity contribution in [3.63, 3.8) is 0 Å². The highest BCUT2D eigenvalue weighted by atomic mass is 35.5. The number of hydrogen-bond donors (Lipinski definition) is 1. The summed E-state index contributed by atoms with van der Waals surface area (Å²) in [4.78, 5) is 0. The van der Waals surface area contributed by atoms with Crippen LogP contribution in [0.2, 0.25) is 5.02 Å². The van der Waals surface area contributed by atoms with Crippen LogP contribution in [0.1, 0.15) is 11.1 Å². The van der Waals surface area contributed by atoms with Crippen LogP contribution in [0.5, 0.6) is 5.75 Å². The van der Waals surface area contributed by atoms with E-state index in [9.17, 15) is 5.11 Å². The number of fused-ring (bicyclic) bond motifs is 1. The molecule has 0 aliphatic rings. The second kappa shape index (κ2) is 4.84. The summed E-state index contributed by atoms with van der Waals surface area (Å²) in [5.41, 5.74) is 4.56. The largest absolute Gasteiger partial charge is 0.508 e. The molecule has 3 aromatic carbocycles. The van der Waals surface area contributed by atoms with Crippen LogP contribution in [0.3, 0.4) is 0 Å². The van der Waals surface area contributed by atoms with Gasteiger partial charge in [0, 0.05) is 5.02 Å². The van der Waals surface area contributed by atoms with Crippen LogP contribution in [0.25, 0.3) is 21.9 Å². The zero-order valence-corrected chi connectivity index (χ0v) is 12.2. The van der Waals surface area contributed by atoms with Crippen molar-refractivity contribution in [2.45, 2.75) is 13.8 Å². The number of halogens is 1. The van der Waals surface area contributed by atoms with E-state index in [1.807, 2.05) is 24.3 Å². The van der Waals surface area contributed by atoms with Crippen molar-refractivity contribution < 1.29 is 5.11 Å². The Morgan fingerprint density at radius 1 is 0.850 bits per heavy atom. The molecule has 0 amide bonds. The average molecular weight is 283 g/mol. The molecule has 0 saturated carbocycles. The fourth-order valence-corrected chi connectivity index (χ4v) is 2.61. The van der Waals surface area contributed by atoms with Crippen LogP contribution in [-0.2, 0) is 0 Å². The smallest absolute Gasteiger partial charge is 0.116 e. The minimum atomic E-state index is 0.283. The molecule has 0 spiro atoms. The first kappa shape index (κ1) is 13.0. The molecule has 0 aliphatic heterocycles. The molecular weight excluding hydrogens is 268 g/mol. The van der Waals surface area contributed by atoms with E-state index in [2.05, 4.69) is 26.0 Å². The first-order valence-corrected chi connectivity index (χ1v) is 6.92. The van der Waals surface area contributed by atoms with Gasteiger partial charge in [-0.25, -0.2) is 0 Å². The monoisotopic (exact) mass is 282 g/mol. The van der Waals surface area contributed by atoms with Crippen LogP contribution in [0.4, 0.5) is 0 Å². The van der Waals surface area contributed by atoms with Gasteiger partial charge < -0.3 is 5.11 Å². The molecule has 3 rings (SSSR count). The van der Waals surface area contributed by atoms with Crippen LogP contribution >= 0.6 is 11.6 Å². The van der Waals surface area contributed by atoms with Crippen LogP contribution in [0.15, 0.2) is 48.5 Å². The molecule has 3 aromatic rings. The zero-order chi connectivity index (χ0) is 14.3. The number of hydrogen-bond acceptors (Lipinski definition) is 1. The van der Waals surface area contributed by atoms with E-state index < -0.39 is 0 Å². The van der Waals surface area contributed by atoms with Gasteiger partial charge in [-0.1, -0.05) is 35.9 Å². The molecule has 20 heavy (non-hydrogen) atoms. The third kappa shape index (κ3) is 2.25. The lowest BCUT2D eigenvalue weighted by atomic mass is 9.94. The maximum Gasteiger partial charge on any atom is 0.116 e. The predicted octanol–water partition coefficient (Wildman–Crippen LogP) is 5.48. The molecule has 0 atom stereocenters. The molecule has 0 aliphatic carbocycles. The lowest BCUT2D eigenvalue weighted by molar-refractivity contribution is 0.476. The maximum absolute atomic E-state index is 9.96. The van der Waals surface area contributed by atoms with Crippen molar-refractivity contribution in [1.82, 2.24) is 0 Å². The van der Waals surface area contributed by atoms with Crippen molar-refractivity contribution in [1.29, 1.82) is 0 Å². The summed E-state index contributed by atoms with van der Waals surface area (Å²) >= 11 is 5.95. The standard InChI is InChI=1S/C18H15ClO/c1-11-7-14-9-16(20)10-18(17(14)8-12(11)2)13-3-5-15(19)6-4-13/h3-10,20H,1-2H3. The molecule has 100 valence electrons. The van der Waals surface area contributed by atoms with E-state index in [4.69, 9.17) is 11.6 Å². The first-order valence-electron chi connectivity index (χ1n) is 6.54. The summed E-state index contributed by atoms with van der Waals surface area (Å²) in [6, 6.07) is 15.6. The Morgan fingerprint density at radius 2 is 1.50 bits per heavy atom. The fourth-order valence-electron chi connectivity index (χ4n) is 2.49. The molecule has 0 bridgehead atoms. The minimum absolute atomic E-state index is 0.283. The lowest BCUT2D eigenvalue weighted by Gasteiger charge is -2.11. The third-order valence-electron chi connectivity index (χ3n) is 3.71. The summed E-state index contributed by atoms with van der Waals surface area (Å²) in [6.07, 6.45) is 0.